The van der Waals surface area contributed by atoms with Crippen LogP contribution in [0.4, 0.5) is 5.82 Å². The predicted molar refractivity (Wildman–Crippen MR) is 59.1 cm³/mol. The highest BCUT2D eigenvalue weighted by Gasteiger charge is 2.09. The second kappa shape index (κ2) is 5.00. The molecule has 0 saturated carbocycles. The number of nitrogens with one attached hydrogen (secondary N) is 1. The molecular weight excluding hydrogens is 176 g/mol. The molecule has 1 heterocycles. The number of anilines is 1. The average Bonchev–Trinajstić information content (AvgIpc) is 2.55. The Balaban J connectivity index is 2.73. The molecule has 4 nitrogen and oxygen atoms in total. The van der Waals surface area contributed by atoms with Crippen LogP contribution in [0.3, 0.4) is 0 Å². The van der Waals surface area contributed by atoms with E-state index in [1.807, 2.05) is 13.2 Å². The summed E-state index contributed by atoms with van der Waals surface area (Å²) in [7, 11) is 1.91. The van der Waals surface area contributed by atoms with Crippen LogP contribution in [0, 0.1) is 0 Å². The van der Waals surface area contributed by atoms with Gasteiger partial charge in [-0.1, -0.05) is 13.8 Å². The third kappa shape index (κ3) is 2.48. The molecule has 0 radical (unpaired) electrons. The minimum Gasteiger partial charge on any atom is -0.366 e. The van der Waals surface area contributed by atoms with E-state index < -0.39 is 0 Å². The molecule has 0 fully saturated rings. The van der Waals surface area contributed by atoms with E-state index in [1.165, 1.54) is 0 Å². The molecule has 0 aromatic carbocycles. The lowest BCUT2D eigenvalue weighted by molar-refractivity contribution is 0.662. The first-order valence-corrected chi connectivity index (χ1v) is 5.20. The van der Waals surface area contributed by atoms with Crippen LogP contribution < -0.4 is 11.1 Å². The lowest BCUT2D eigenvalue weighted by Crippen LogP contribution is -2.18. The fourth-order valence-corrected chi connectivity index (χ4v) is 1.49. The number of nitrogens with two attached hydrogens (primary N) is 1. The zero-order chi connectivity index (χ0) is 10.6. The van der Waals surface area contributed by atoms with E-state index in [9.17, 15) is 0 Å². The molecule has 0 aliphatic carbocycles. The fraction of sp³-hybridized carbons (Fsp3) is 0.700. The van der Waals surface area contributed by atoms with Gasteiger partial charge in [-0.05, 0) is 12.8 Å². The van der Waals surface area contributed by atoms with Crippen LogP contribution in [-0.2, 0) is 13.6 Å². The van der Waals surface area contributed by atoms with Crippen molar-refractivity contribution in [2.45, 2.75) is 39.3 Å². The van der Waals surface area contributed by atoms with Crippen molar-refractivity contribution in [1.82, 2.24) is 9.78 Å². The number of hydrogen-bond donors (Lipinski definition) is 2. The maximum absolute atomic E-state index is 5.63. The molecule has 0 aliphatic heterocycles. The lowest BCUT2D eigenvalue weighted by atomic mass is 10.1. The molecule has 0 aliphatic rings. The van der Waals surface area contributed by atoms with Crippen LogP contribution in [-0.4, -0.2) is 15.8 Å². The number of nitrogens with zero attached hydrogens (tertiary/aromatic N) is 2. The van der Waals surface area contributed by atoms with Gasteiger partial charge in [0.25, 0.3) is 0 Å². The monoisotopic (exact) mass is 196 g/mol. The topological polar surface area (TPSA) is 55.9 Å². The molecule has 0 spiro atoms. The van der Waals surface area contributed by atoms with Gasteiger partial charge in [-0.15, -0.1) is 0 Å². The van der Waals surface area contributed by atoms with Crippen molar-refractivity contribution in [2.24, 2.45) is 12.8 Å². The Morgan fingerprint density at radius 3 is 2.64 bits per heavy atom. The second-order valence-electron chi connectivity index (χ2n) is 3.54. The quantitative estimate of drug-likeness (QED) is 0.750. The van der Waals surface area contributed by atoms with Crippen LogP contribution in [0.15, 0.2) is 6.20 Å². The molecule has 0 saturated heterocycles. The van der Waals surface area contributed by atoms with Gasteiger partial charge >= 0.3 is 0 Å². The lowest BCUT2D eigenvalue weighted by Gasteiger charge is -2.14. The Morgan fingerprint density at radius 2 is 2.14 bits per heavy atom. The Kier molecular flexibility index (Phi) is 3.95. The van der Waals surface area contributed by atoms with Crippen molar-refractivity contribution < 1.29 is 0 Å². The SMILES string of the molecule is CCC(CC)Nc1nn(C)cc1CN. The predicted octanol–water partition coefficient (Wildman–Crippen LogP) is 1.48. The molecule has 0 atom stereocenters. The van der Waals surface area contributed by atoms with Gasteiger partial charge in [0.15, 0.2) is 5.82 Å². The molecule has 1 aromatic heterocycles. The van der Waals surface area contributed by atoms with Crippen molar-refractivity contribution in [3.8, 4) is 0 Å². The van der Waals surface area contributed by atoms with Crippen LogP contribution in [0.5, 0.6) is 0 Å². The van der Waals surface area contributed by atoms with Crippen LogP contribution >= 0.6 is 0 Å². The molecule has 14 heavy (non-hydrogen) atoms. The largest absolute Gasteiger partial charge is 0.366 e. The first-order chi connectivity index (χ1) is 6.71. The van der Waals surface area contributed by atoms with E-state index in [2.05, 4.69) is 24.3 Å². The summed E-state index contributed by atoms with van der Waals surface area (Å²) in [5, 5.41) is 7.75. The molecule has 0 unspecified atom stereocenters. The first-order valence-electron chi connectivity index (χ1n) is 5.20. The highest BCUT2D eigenvalue weighted by atomic mass is 15.3. The highest BCUT2D eigenvalue weighted by molar-refractivity contribution is 5.43. The maximum Gasteiger partial charge on any atom is 0.152 e. The highest BCUT2D eigenvalue weighted by Crippen LogP contribution is 2.14. The van der Waals surface area contributed by atoms with Crippen LogP contribution in [0.25, 0.3) is 0 Å². The molecule has 1 rings (SSSR count). The summed E-state index contributed by atoms with van der Waals surface area (Å²) in [6.45, 7) is 4.88. The van der Waals surface area contributed by atoms with Crippen molar-refractivity contribution in [3.05, 3.63) is 11.8 Å². The summed E-state index contributed by atoms with van der Waals surface area (Å²) in [6, 6.07) is 0.496. The normalized spacial score (nSPS) is 10.9. The third-order valence-electron chi connectivity index (χ3n) is 2.45. The molecule has 4 heteroatoms. The number of aryl methyl sites for hydroxylation is 1. The number of hydrogen-bond acceptors (Lipinski definition) is 3. The van der Waals surface area contributed by atoms with Crippen molar-refractivity contribution >= 4 is 5.82 Å². The Hall–Kier alpha value is -1.03. The van der Waals surface area contributed by atoms with Gasteiger partial charge in [0.05, 0.1) is 0 Å². The minimum atomic E-state index is 0.496. The summed E-state index contributed by atoms with van der Waals surface area (Å²) in [4.78, 5) is 0. The van der Waals surface area contributed by atoms with E-state index in [4.69, 9.17) is 5.73 Å². The third-order valence-corrected chi connectivity index (χ3v) is 2.45. The Morgan fingerprint density at radius 1 is 1.50 bits per heavy atom. The van der Waals surface area contributed by atoms with Gasteiger partial charge in [-0.3, -0.25) is 4.68 Å². The van der Waals surface area contributed by atoms with E-state index in [-0.39, 0.29) is 0 Å². The maximum atomic E-state index is 5.63. The molecule has 0 amide bonds. The van der Waals surface area contributed by atoms with E-state index in [0.29, 0.717) is 12.6 Å². The first kappa shape index (κ1) is 11.0. The van der Waals surface area contributed by atoms with Gasteiger partial charge in [-0.25, -0.2) is 0 Å². The summed E-state index contributed by atoms with van der Waals surface area (Å²) < 4.78 is 1.80. The van der Waals surface area contributed by atoms with Gasteiger partial charge in [0.2, 0.25) is 0 Å². The smallest absolute Gasteiger partial charge is 0.152 e. The average molecular weight is 196 g/mol. The minimum absolute atomic E-state index is 0.496. The van der Waals surface area contributed by atoms with E-state index in [0.717, 1.165) is 24.2 Å². The molecular formula is C10H20N4. The number of aromatic nitrogens is 2. The Bertz CT molecular complexity index is 276. The zero-order valence-electron chi connectivity index (χ0n) is 9.25. The van der Waals surface area contributed by atoms with Gasteiger partial charge < -0.3 is 11.1 Å². The summed E-state index contributed by atoms with van der Waals surface area (Å²) in [5.74, 6) is 0.934. The van der Waals surface area contributed by atoms with Gasteiger partial charge in [-0.2, -0.15) is 5.10 Å². The summed E-state index contributed by atoms with van der Waals surface area (Å²) >= 11 is 0. The fourth-order valence-electron chi connectivity index (χ4n) is 1.49. The van der Waals surface area contributed by atoms with Crippen molar-refractivity contribution in [3.63, 3.8) is 0 Å². The summed E-state index contributed by atoms with van der Waals surface area (Å²) in [5.41, 5.74) is 6.71. The molecule has 3 N–H and O–H groups in total. The van der Waals surface area contributed by atoms with E-state index in [1.54, 1.807) is 4.68 Å². The molecule has 1 aromatic rings. The van der Waals surface area contributed by atoms with E-state index >= 15 is 0 Å². The standard InChI is InChI=1S/C10H20N4/c1-4-9(5-2)12-10-8(6-11)7-14(3)13-10/h7,9H,4-6,11H2,1-3H3,(H,12,13). The van der Waals surface area contributed by atoms with Crippen LogP contribution in [0.1, 0.15) is 32.3 Å². The van der Waals surface area contributed by atoms with Gasteiger partial charge in [0.1, 0.15) is 0 Å². The van der Waals surface area contributed by atoms with Crippen molar-refractivity contribution in [1.29, 1.82) is 0 Å². The van der Waals surface area contributed by atoms with Crippen LogP contribution in [0.2, 0.25) is 0 Å². The Labute approximate surface area is 85.5 Å². The van der Waals surface area contributed by atoms with Crippen molar-refractivity contribution in [2.75, 3.05) is 5.32 Å². The zero-order valence-corrected chi connectivity index (χ0v) is 9.25. The second-order valence-corrected chi connectivity index (χ2v) is 3.54. The van der Waals surface area contributed by atoms with Gasteiger partial charge in [0, 0.05) is 31.4 Å². The molecule has 80 valence electrons. The number of rotatable bonds is 5. The molecule has 0 bridgehead atoms. The summed E-state index contributed by atoms with van der Waals surface area (Å²) in [6.07, 6.45) is 4.18.